The number of aromatic nitrogens is 4. The lowest BCUT2D eigenvalue weighted by Gasteiger charge is -2.15. The minimum Gasteiger partial charge on any atom is -0.352 e. The number of benzene rings is 1. The van der Waals surface area contributed by atoms with Crippen molar-refractivity contribution in [2.24, 2.45) is 0 Å². The molecule has 6 nitrogen and oxygen atoms in total. The van der Waals surface area contributed by atoms with Crippen LogP contribution in [0.15, 0.2) is 35.4 Å². The first-order valence-electron chi connectivity index (χ1n) is 6.02. The molecule has 2 N–H and O–H groups in total. The standard InChI is InChI=1S/C13H12FN5O/c1-19(12-5-13(20)16-7-15-12)6-11-17-9-3-2-8(14)4-10(9)18-11/h2-5,7H,6H2,1H3,(H,17,18)(H,15,16,20). The van der Waals surface area contributed by atoms with Crippen LogP contribution in [0.5, 0.6) is 0 Å². The molecule has 1 aromatic carbocycles. The average molecular weight is 273 g/mol. The van der Waals surface area contributed by atoms with Crippen molar-refractivity contribution in [2.75, 3.05) is 11.9 Å². The number of rotatable bonds is 3. The summed E-state index contributed by atoms with van der Waals surface area (Å²) < 4.78 is 13.1. The van der Waals surface area contributed by atoms with Crippen molar-refractivity contribution in [2.45, 2.75) is 6.54 Å². The van der Waals surface area contributed by atoms with Gasteiger partial charge in [0.05, 0.1) is 23.9 Å². The van der Waals surface area contributed by atoms with Gasteiger partial charge in [0, 0.05) is 13.1 Å². The van der Waals surface area contributed by atoms with Gasteiger partial charge in [-0.05, 0) is 18.2 Å². The highest BCUT2D eigenvalue weighted by atomic mass is 19.1. The van der Waals surface area contributed by atoms with E-state index in [1.54, 1.807) is 18.0 Å². The molecule has 0 spiro atoms. The van der Waals surface area contributed by atoms with Gasteiger partial charge in [0.25, 0.3) is 5.56 Å². The maximum absolute atomic E-state index is 13.1. The summed E-state index contributed by atoms with van der Waals surface area (Å²) in [6, 6.07) is 5.80. The first-order chi connectivity index (χ1) is 9.61. The Balaban J connectivity index is 1.87. The fourth-order valence-corrected chi connectivity index (χ4v) is 1.98. The van der Waals surface area contributed by atoms with Gasteiger partial charge in [-0.2, -0.15) is 0 Å². The summed E-state index contributed by atoms with van der Waals surface area (Å²) in [5.41, 5.74) is 1.13. The van der Waals surface area contributed by atoms with Gasteiger partial charge >= 0.3 is 0 Å². The molecule has 20 heavy (non-hydrogen) atoms. The molecule has 0 amide bonds. The highest BCUT2D eigenvalue weighted by molar-refractivity contribution is 5.75. The minimum atomic E-state index is -0.308. The van der Waals surface area contributed by atoms with Crippen LogP contribution >= 0.6 is 0 Å². The van der Waals surface area contributed by atoms with Crippen LogP contribution in [-0.4, -0.2) is 27.0 Å². The van der Waals surface area contributed by atoms with Crippen molar-refractivity contribution in [1.29, 1.82) is 0 Å². The van der Waals surface area contributed by atoms with E-state index >= 15 is 0 Å². The maximum atomic E-state index is 13.1. The summed E-state index contributed by atoms with van der Waals surface area (Å²) in [5, 5.41) is 0. The molecule has 0 saturated heterocycles. The van der Waals surface area contributed by atoms with Crippen molar-refractivity contribution in [3.8, 4) is 0 Å². The van der Waals surface area contributed by atoms with Crippen molar-refractivity contribution in [3.63, 3.8) is 0 Å². The molecule has 7 heteroatoms. The van der Waals surface area contributed by atoms with Gasteiger partial charge < -0.3 is 14.9 Å². The molecular weight excluding hydrogens is 261 g/mol. The second kappa shape index (κ2) is 4.76. The van der Waals surface area contributed by atoms with Gasteiger partial charge in [-0.3, -0.25) is 4.79 Å². The van der Waals surface area contributed by atoms with Crippen LogP contribution in [0.1, 0.15) is 5.82 Å². The number of aromatic amines is 2. The minimum absolute atomic E-state index is 0.214. The SMILES string of the molecule is CN(Cc1nc2ccc(F)cc2[nH]1)c1cc(=O)[nH]cn1. The summed E-state index contributed by atoms with van der Waals surface area (Å²) in [4.78, 5) is 27.0. The number of nitrogens with zero attached hydrogens (tertiary/aromatic N) is 3. The predicted octanol–water partition coefficient (Wildman–Crippen LogP) is 1.42. The lowest BCUT2D eigenvalue weighted by atomic mass is 10.3. The van der Waals surface area contributed by atoms with Crippen LogP contribution in [0.3, 0.4) is 0 Å². The average Bonchev–Trinajstić information content (AvgIpc) is 2.80. The van der Waals surface area contributed by atoms with Crippen LogP contribution in [-0.2, 0) is 6.54 Å². The topological polar surface area (TPSA) is 77.7 Å². The highest BCUT2D eigenvalue weighted by Gasteiger charge is 2.08. The Morgan fingerprint density at radius 1 is 1.35 bits per heavy atom. The van der Waals surface area contributed by atoms with Crippen molar-refractivity contribution in [1.82, 2.24) is 19.9 Å². The summed E-state index contributed by atoms with van der Waals surface area (Å²) in [6.45, 7) is 0.437. The van der Waals surface area contributed by atoms with E-state index in [2.05, 4.69) is 19.9 Å². The Morgan fingerprint density at radius 3 is 3.00 bits per heavy atom. The molecule has 3 aromatic rings. The summed E-state index contributed by atoms with van der Waals surface area (Å²) in [7, 11) is 1.80. The molecule has 0 unspecified atom stereocenters. The number of anilines is 1. The summed E-state index contributed by atoms with van der Waals surface area (Å²) in [6.07, 6.45) is 1.35. The second-order valence-electron chi connectivity index (χ2n) is 4.47. The fourth-order valence-electron chi connectivity index (χ4n) is 1.98. The summed E-state index contributed by atoms with van der Waals surface area (Å²) in [5.74, 6) is 0.910. The number of fused-ring (bicyclic) bond motifs is 1. The lowest BCUT2D eigenvalue weighted by Crippen LogP contribution is -2.20. The quantitative estimate of drug-likeness (QED) is 0.756. The van der Waals surface area contributed by atoms with Gasteiger partial charge in [0.1, 0.15) is 17.5 Å². The van der Waals surface area contributed by atoms with E-state index in [-0.39, 0.29) is 11.4 Å². The third kappa shape index (κ3) is 2.37. The number of H-pyrrole nitrogens is 2. The molecule has 0 bridgehead atoms. The molecule has 0 aliphatic carbocycles. The van der Waals surface area contributed by atoms with Gasteiger partial charge in [0.15, 0.2) is 0 Å². The molecular formula is C13H12FN5O. The zero-order valence-corrected chi connectivity index (χ0v) is 10.7. The maximum Gasteiger partial charge on any atom is 0.252 e. The third-order valence-electron chi connectivity index (χ3n) is 2.93. The number of halogens is 1. The van der Waals surface area contributed by atoms with E-state index in [0.717, 1.165) is 0 Å². The van der Waals surface area contributed by atoms with Crippen LogP contribution in [0.2, 0.25) is 0 Å². The molecule has 0 aliphatic heterocycles. The number of hydrogen-bond donors (Lipinski definition) is 2. The molecule has 2 aromatic heterocycles. The highest BCUT2D eigenvalue weighted by Crippen LogP contribution is 2.15. The molecule has 0 atom stereocenters. The van der Waals surface area contributed by atoms with Crippen molar-refractivity contribution in [3.05, 3.63) is 52.6 Å². The molecule has 102 valence electrons. The number of hydrogen-bond acceptors (Lipinski definition) is 4. The molecule has 0 radical (unpaired) electrons. The van der Waals surface area contributed by atoms with E-state index in [9.17, 15) is 9.18 Å². The number of imidazole rings is 1. The van der Waals surface area contributed by atoms with Gasteiger partial charge in [0.2, 0.25) is 0 Å². The second-order valence-corrected chi connectivity index (χ2v) is 4.47. The van der Waals surface area contributed by atoms with Crippen LogP contribution in [0.4, 0.5) is 10.2 Å². The van der Waals surface area contributed by atoms with Gasteiger partial charge in [-0.15, -0.1) is 0 Å². The van der Waals surface area contributed by atoms with E-state index in [1.807, 2.05) is 0 Å². The molecule has 3 rings (SSSR count). The van der Waals surface area contributed by atoms with Gasteiger partial charge in [-0.25, -0.2) is 14.4 Å². The molecule has 0 aliphatic rings. The first-order valence-corrected chi connectivity index (χ1v) is 6.02. The molecule has 0 fully saturated rings. The van der Waals surface area contributed by atoms with Crippen molar-refractivity contribution >= 4 is 16.9 Å². The predicted molar refractivity (Wildman–Crippen MR) is 73.0 cm³/mol. The van der Waals surface area contributed by atoms with Gasteiger partial charge in [-0.1, -0.05) is 0 Å². The first kappa shape index (κ1) is 12.3. The Bertz CT molecular complexity index is 810. The van der Waals surface area contributed by atoms with Crippen molar-refractivity contribution < 1.29 is 4.39 Å². The van der Waals surface area contributed by atoms with Crippen LogP contribution in [0.25, 0.3) is 11.0 Å². The van der Waals surface area contributed by atoms with Crippen LogP contribution < -0.4 is 10.5 Å². The molecule has 0 saturated carbocycles. The normalized spacial score (nSPS) is 10.9. The fraction of sp³-hybridized carbons (Fsp3) is 0.154. The number of nitrogens with one attached hydrogen (secondary N) is 2. The van der Waals surface area contributed by atoms with E-state index in [0.29, 0.717) is 29.2 Å². The largest absolute Gasteiger partial charge is 0.352 e. The van der Waals surface area contributed by atoms with E-state index in [4.69, 9.17) is 0 Å². The zero-order valence-electron chi connectivity index (χ0n) is 10.7. The zero-order chi connectivity index (χ0) is 14.1. The smallest absolute Gasteiger partial charge is 0.252 e. The van der Waals surface area contributed by atoms with Crippen LogP contribution in [0, 0.1) is 5.82 Å². The molecule has 2 heterocycles. The monoisotopic (exact) mass is 273 g/mol. The Morgan fingerprint density at radius 2 is 2.20 bits per heavy atom. The summed E-state index contributed by atoms with van der Waals surface area (Å²) >= 11 is 0. The van der Waals surface area contributed by atoms with E-state index in [1.165, 1.54) is 24.5 Å². The van der Waals surface area contributed by atoms with E-state index < -0.39 is 0 Å². The Hall–Kier alpha value is -2.70. The Labute approximate surface area is 113 Å². The third-order valence-corrected chi connectivity index (χ3v) is 2.93. The lowest BCUT2D eigenvalue weighted by molar-refractivity contribution is 0.629. The Kier molecular flexibility index (Phi) is 2.94.